The van der Waals surface area contributed by atoms with Gasteiger partial charge in [-0.25, -0.2) is 0 Å². The van der Waals surface area contributed by atoms with Crippen molar-refractivity contribution in [1.29, 1.82) is 0 Å². The first-order valence-electron chi connectivity index (χ1n) is 13.3. The van der Waals surface area contributed by atoms with Crippen LogP contribution in [0.4, 0.5) is 0 Å². The monoisotopic (exact) mass is 516 g/mol. The normalized spacial score (nSPS) is 43.3. The number of benzene rings is 1. The lowest BCUT2D eigenvalue weighted by Crippen LogP contribution is -2.59. The molecule has 0 radical (unpaired) electrons. The van der Waals surface area contributed by atoms with E-state index < -0.39 is 30.4 Å². The molecule has 7 nitrogen and oxygen atoms in total. The van der Waals surface area contributed by atoms with Crippen LogP contribution in [0.5, 0.6) is 0 Å². The van der Waals surface area contributed by atoms with Crippen LogP contribution in [0.3, 0.4) is 0 Å². The Morgan fingerprint density at radius 1 is 0.917 bits per heavy atom. The van der Waals surface area contributed by atoms with Crippen LogP contribution >= 0.6 is 7.60 Å². The third kappa shape index (κ3) is 3.51. The molecule has 4 aliphatic carbocycles. The molecular weight excluding hydrogens is 479 g/mol. The van der Waals surface area contributed by atoms with Gasteiger partial charge in [0.05, 0.1) is 13.2 Å². The minimum Gasteiger partial charge on any atom is -0.362 e. The summed E-state index contributed by atoms with van der Waals surface area (Å²) in [6.07, 6.45) is 9.50. The van der Waals surface area contributed by atoms with Crippen LogP contribution in [-0.4, -0.2) is 35.0 Å². The number of ether oxygens (including phenoxy) is 2. The first kappa shape index (κ1) is 25.0. The molecule has 1 aromatic rings. The second-order valence-corrected chi connectivity index (χ2v) is 13.5. The van der Waals surface area contributed by atoms with Gasteiger partial charge in [0.25, 0.3) is 0 Å². The fraction of sp³-hybridized carbons (Fsp3) is 0.643. The molecule has 1 spiro atoms. The molecule has 4 fully saturated rings. The van der Waals surface area contributed by atoms with E-state index in [2.05, 4.69) is 0 Å². The second-order valence-electron chi connectivity index (χ2n) is 11.5. The summed E-state index contributed by atoms with van der Waals surface area (Å²) in [5.41, 5.74) is 0.564. The Bertz CT molecular complexity index is 1100. The molecule has 4 bridgehead atoms. The molecule has 4 saturated carbocycles. The number of rotatable bonds is 7. The maximum absolute atomic E-state index is 14.2. The molecule has 3 atom stereocenters. The first-order valence-corrected chi connectivity index (χ1v) is 14.9. The number of hydrogen-bond donors (Lipinski definition) is 2. The standard InChI is InChI=1S/C28H37O7P/c1-4-32-36(31,33-5-2)24-18-26(29,23-9-7-6-8-10-23)34-28(24)19(3)14-27(30,35-28)25-15-20-11-21(16-25)13-22(12-20)17-25/h6-10,14,18,20-22,29-30H,4-5,11-13,15-17H2,1-3H3. The molecular formula is C28H37O7P. The van der Waals surface area contributed by atoms with Crippen molar-refractivity contribution in [2.24, 2.45) is 23.2 Å². The Kier molecular flexibility index (Phi) is 5.79. The van der Waals surface area contributed by atoms with Gasteiger partial charge in [0, 0.05) is 11.0 Å². The molecule has 3 unspecified atom stereocenters. The topological polar surface area (TPSA) is 94.5 Å². The van der Waals surface area contributed by atoms with Gasteiger partial charge in [-0.05, 0) is 94.8 Å². The van der Waals surface area contributed by atoms with Gasteiger partial charge in [-0.2, -0.15) is 0 Å². The Morgan fingerprint density at radius 3 is 2.00 bits per heavy atom. The summed E-state index contributed by atoms with van der Waals surface area (Å²) < 4.78 is 38.7. The third-order valence-electron chi connectivity index (χ3n) is 9.08. The Balaban J connectivity index is 1.46. The average molecular weight is 517 g/mol. The van der Waals surface area contributed by atoms with Crippen LogP contribution in [0.15, 0.2) is 53.4 Å². The molecule has 1 aromatic carbocycles. The summed E-state index contributed by atoms with van der Waals surface area (Å²) in [6.45, 7) is 5.54. The van der Waals surface area contributed by atoms with E-state index in [1.165, 1.54) is 25.3 Å². The van der Waals surface area contributed by atoms with Crippen molar-refractivity contribution < 1.29 is 33.3 Å². The third-order valence-corrected chi connectivity index (χ3v) is 11.3. The van der Waals surface area contributed by atoms with Gasteiger partial charge < -0.3 is 28.7 Å². The fourth-order valence-corrected chi connectivity index (χ4v) is 10.1. The lowest BCUT2D eigenvalue weighted by molar-refractivity contribution is -0.366. The van der Waals surface area contributed by atoms with Gasteiger partial charge in [-0.15, -0.1) is 0 Å². The summed E-state index contributed by atoms with van der Waals surface area (Å²) in [7, 11) is -3.95. The lowest BCUT2D eigenvalue weighted by atomic mass is 9.47. The lowest BCUT2D eigenvalue weighted by Gasteiger charge is -2.60. The smallest absolute Gasteiger partial charge is 0.362 e. The van der Waals surface area contributed by atoms with E-state index in [0.717, 1.165) is 19.3 Å². The highest BCUT2D eigenvalue weighted by Crippen LogP contribution is 2.71. The van der Waals surface area contributed by atoms with E-state index in [0.29, 0.717) is 28.9 Å². The summed E-state index contributed by atoms with van der Waals surface area (Å²) in [5, 5.41) is 24.1. The van der Waals surface area contributed by atoms with E-state index in [1.54, 1.807) is 51.1 Å². The first-order chi connectivity index (χ1) is 17.1. The van der Waals surface area contributed by atoms with Crippen molar-refractivity contribution in [3.63, 3.8) is 0 Å². The van der Waals surface area contributed by atoms with Gasteiger partial charge in [0.2, 0.25) is 11.6 Å². The van der Waals surface area contributed by atoms with Crippen molar-refractivity contribution in [3.05, 3.63) is 58.9 Å². The molecule has 196 valence electrons. The predicted octanol–water partition coefficient (Wildman–Crippen LogP) is 5.59. The zero-order valence-electron chi connectivity index (χ0n) is 21.3. The van der Waals surface area contributed by atoms with Gasteiger partial charge in [-0.3, -0.25) is 4.57 Å². The maximum atomic E-state index is 14.2. The van der Waals surface area contributed by atoms with Crippen LogP contribution in [0.1, 0.15) is 64.9 Å². The predicted molar refractivity (Wildman–Crippen MR) is 133 cm³/mol. The van der Waals surface area contributed by atoms with Crippen LogP contribution < -0.4 is 0 Å². The highest BCUT2D eigenvalue weighted by Gasteiger charge is 2.70. The summed E-state index contributed by atoms with van der Waals surface area (Å²) in [4.78, 5) is 0. The van der Waals surface area contributed by atoms with E-state index in [-0.39, 0.29) is 18.5 Å². The SMILES string of the molecule is CCOP(=O)(OCC)C1=CC(O)(c2ccccc2)OC12OC(O)(C13CC4CC(CC(C4)C1)C3)C=C2C. The molecule has 2 heterocycles. The second kappa shape index (κ2) is 8.34. The van der Waals surface area contributed by atoms with Crippen molar-refractivity contribution in [2.45, 2.75) is 76.7 Å². The van der Waals surface area contributed by atoms with E-state index in [9.17, 15) is 14.8 Å². The van der Waals surface area contributed by atoms with Crippen LogP contribution in [0, 0.1) is 23.2 Å². The van der Waals surface area contributed by atoms with Crippen LogP contribution in [0.2, 0.25) is 0 Å². The van der Waals surface area contributed by atoms with Crippen LogP contribution in [0.25, 0.3) is 0 Å². The van der Waals surface area contributed by atoms with Crippen molar-refractivity contribution in [2.75, 3.05) is 13.2 Å². The highest BCUT2D eigenvalue weighted by atomic mass is 31.2. The average Bonchev–Trinajstić information content (AvgIpc) is 3.28. The number of hydrogen-bond acceptors (Lipinski definition) is 7. The quantitative estimate of drug-likeness (QED) is 0.360. The van der Waals surface area contributed by atoms with Crippen molar-refractivity contribution in [1.82, 2.24) is 0 Å². The molecule has 2 N–H and O–H groups in total. The van der Waals surface area contributed by atoms with Crippen molar-refractivity contribution in [3.8, 4) is 0 Å². The highest BCUT2D eigenvalue weighted by molar-refractivity contribution is 7.58. The summed E-state index contributed by atoms with van der Waals surface area (Å²) >= 11 is 0. The van der Waals surface area contributed by atoms with Gasteiger partial charge in [0.1, 0.15) is 5.31 Å². The van der Waals surface area contributed by atoms with Gasteiger partial charge in [0.15, 0.2) is 5.79 Å². The Labute approximate surface area is 213 Å². The number of aliphatic hydroxyl groups is 2. The molecule has 2 aliphatic heterocycles. The van der Waals surface area contributed by atoms with E-state index >= 15 is 0 Å². The maximum Gasteiger partial charge on any atom is 0.363 e. The van der Waals surface area contributed by atoms with Gasteiger partial charge in [-0.1, -0.05) is 30.3 Å². The summed E-state index contributed by atoms with van der Waals surface area (Å²) in [5.74, 6) is -3.56. The largest absolute Gasteiger partial charge is 0.363 e. The Hall–Kier alpha value is -1.31. The van der Waals surface area contributed by atoms with E-state index in [4.69, 9.17) is 18.5 Å². The van der Waals surface area contributed by atoms with E-state index in [1.807, 2.05) is 6.07 Å². The zero-order chi connectivity index (χ0) is 25.4. The Morgan fingerprint density at radius 2 is 1.47 bits per heavy atom. The molecule has 6 aliphatic rings. The minimum atomic E-state index is -3.95. The van der Waals surface area contributed by atoms with Crippen molar-refractivity contribution >= 4 is 7.60 Å². The fourth-order valence-electron chi connectivity index (χ4n) is 8.06. The molecule has 8 heteroatoms. The minimum absolute atomic E-state index is 0.0828. The van der Waals surface area contributed by atoms with Crippen LogP contribution in [-0.2, 0) is 28.9 Å². The van der Waals surface area contributed by atoms with Gasteiger partial charge >= 0.3 is 7.60 Å². The molecule has 7 rings (SSSR count). The zero-order valence-corrected chi connectivity index (χ0v) is 22.2. The molecule has 36 heavy (non-hydrogen) atoms. The molecule has 0 amide bonds. The summed E-state index contributed by atoms with van der Waals surface area (Å²) in [6, 6.07) is 8.90. The molecule has 0 aromatic heterocycles. The molecule has 0 saturated heterocycles.